The van der Waals surface area contributed by atoms with Crippen molar-refractivity contribution in [2.45, 2.75) is 145 Å². The van der Waals surface area contributed by atoms with Crippen LogP contribution in [-0.4, -0.2) is 9.85 Å². The number of nitrogens with zero attached hydrogens (tertiary/aromatic N) is 1. The Bertz CT molecular complexity index is 1640. The van der Waals surface area contributed by atoms with E-state index in [1.807, 2.05) is 26.8 Å². The standard InChI is InChI=1S/C40H58N2O3P2.C2H6/c1-15-17-19-27(5)41-40(14,16-2)47-45-34-25-30(37(7,8)9)24-32-36(34)43-35-31(38(32,10)11)22-29(26(3)4)23-33(35)44-46-39(12,13)42-21-18-20-28(42)6;1-2/h15,17-26,41,46-47H,16H2,1-14H3;1-2H3/b17-15+,27-19-;. The minimum atomic E-state index is -0.345. The maximum absolute atomic E-state index is 7.00. The van der Waals surface area contributed by atoms with Gasteiger partial charge in [-0.1, -0.05) is 93.5 Å². The van der Waals surface area contributed by atoms with Gasteiger partial charge in [-0.3, -0.25) is 0 Å². The van der Waals surface area contributed by atoms with Gasteiger partial charge in [0, 0.05) is 34.1 Å². The summed E-state index contributed by atoms with van der Waals surface area (Å²) < 4.78 is 22.9. The quantitative estimate of drug-likeness (QED) is 0.150. The van der Waals surface area contributed by atoms with E-state index in [-0.39, 0.29) is 39.0 Å². The fourth-order valence-electron chi connectivity index (χ4n) is 5.92. The molecule has 0 spiro atoms. The monoisotopic (exact) mass is 706 g/mol. The fraction of sp³-hybridized carbons (Fsp3) is 0.524. The Kier molecular flexibility index (Phi) is 13.4. The third-order valence-corrected chi connectivity index (χ3v) is 11.6. The summed E-state index contributed by atoms with van der Waals surface area (Å²) in [6.45, 7) is 35.0. The van der Waals surface area contributed by atoms with Crippen molar-refractivity contribution in [3.63, 3.8) is 0 Å². The second-order valence-electron chi connectivity index (χ2n) is 15.6. The number of allylic oxidation sites excluding steroid dienone is 4. The molecule has 1 aliphatic heterocycles. The Morgan fingerprint density at radius 3 is 2.08 bits per heavy atom. The molecule has 1 N–H and O–H groups in total. The molecule has 0 fully saturated rings. The third kappa shape index (κ3) is 9.33. The third-order valence-electron chi connectivity index (χ3n) is 9.29. The smallest absolute Gasteiger partial charge is 0.173 e. The summed E-state index contributed by atoms with van der Waals surface area (Å²) in [5.41, 5.74) is 6.68. The van der Waals surface area contributed by atoms with E-state index in [2.05, 4.69) is 155 Å². The molecule has 2 aromatic carbocycles. The molecule has 0 amide bonds. The van der Waals surface area contributed by atoms with Gasteiger partial charge in [0.25, 0.3) is 0 Å². The zero-order valence-electron chi connectivity index (χ0n) is 33.2. The van der Waals surface area contributed by atoms with E-state index < -0.39 is 0 Å². The SMILES string of the molecule is C/C=C/C=C(/C)NC(C)(CC)POc1cc(C(C)(C)C)cc2c1Oc1c(OPC(C)(C)n3cccc3C)cc(C(C)C)cc1C2(C)C.CC. The zero-order valence-corrected chi connectivity index (χ0v) is 35.2. The van der Waals surface area contributed by atoms with E-state index in [4.69, 9.17) is 13.8 Å². The normalized spacial score (nSPS) is 16.0. The van der Waals surface area contributed by atoms with Crippen LogP contribution in [0.25, 0.3) is 0 Å². The predicted molar refractivity (Wildman–Crippen MR) is 216 cm³/mol. The molecule has 0 aliphatic carbocycles. The van der Waals surface area contributed by atoms with E-state index in [0.29, 0.717) is 5.92 Å². The largest absolute Gasteiger partial charge is 0.471 e. The van der Waals surface area contributed by atoms with E-state index in [0.717, 1.165) is 46.2 Å². The first-order valence-corrected chi connectivity index (χ1v) is 19.8. The molecule has 49 heavy (non-hydrogen) atoms. The first-order chi connectivity index (χ1) is 22.8. The molecule has 4 rings (SSSR count). The summed E-state index contributed by atoms with van der Waals surface area (Å²) in [7, 11) is 0.354. The number of rotatable bonds is 12. The molecule has 0 bridgehead atoms. The van der Waals surface area contributed by atoms with Crippen LogP contribution in [0.5, 0.6) is 23.0 Å². The van der Waals surface area contributed by atoms with Gasteiger partial charge in [-0.15, -0.1) is 0 Å². The van der Waals surface area contributed by atoms with Crippen LogP contribution in [0, 0.1) is 6.92 Å². The van der Waals surface area contributed by atoms with Crippen molar-refractivity contribution >= 4 is 17.6 Å². The molecular formula is C42H64N2O3P2. The number of hydrogen-bond donors (Lipinski definition) is 1. The van der Waals surface area contributed by atoms with Crippen molar-refractivity contribution in [1.29, 1.82) is 0 Å². The minimum absolute atomic E-state index is 0.0674. The maximum atomic E-state index is 7.00. The summed E-state index contributed by atoms with van der Waals surface area (Å²) in [5.74, 6) is 3.49. The first-order valence-electron chi connectivity index (χ1n) is 18.0. The second-order valence-corrected chi connectivity index (χ2v) is 18.7. The van der Waals surface area contributed by atoms with Gasteiger partial charge in [-0.2, -0.15) is 0 Å². The molecule has 1 aromatic heterocycles. The zero-order chi connectivity index (χ0) is 36.9. The lowest BCUT2D eigenvalue weighted by Gasteiger charge is -2.39. The molecule has 1 aliphatic rings. The molecule has 0 saturated heterocycles. The average Bonchev–Trinajstić information content (AvgIpc) is 3.49. The highest BCUT2D eigenvalue weighted by Crippen LogP contribution is 2.58. The molecular weight excluding hydrogens is 642 g/mol. The average molecular weight is 707 g/mol. The maximum Gasteiger partial charge on any atom is 0.173 e. The highest BCUT2D eigenvalue weighted by Gasteiger charge is 2.40. The number of ether oxygens (including phenoxy) is 1. The molecule has 3 unspecified atom stereocenters. The Balaban J connectivity index is 0.00000319. The van der Waals surface area contributed by atoms with Crippen LogP contribution < -0.4 is 19.1 Å². The van der Waals surface area contributed by atoms with Gasteiger partial charge in [0.05, 0.1) is 28.2 Å². The van der Waals surface area contributed by atoms with Crippen molar-refractivity contribution in [2.75, 3.05) is 0 Å². The van der Waals surface area contributed by atoms with Gasteiger partial charge in [-0.05, 0) is 101 Å². The predicted octanol–water partition coefficient (Wildman–Crippen LogP) is 13.2. The molecule has 5 nitrogen and oxygen atoms in total. The number of benzene rings is 2. The van der Waals surface area contributed by atoms with Crippen LogP contribution in [0.2, 0.25) is 0 Å². The highest BCUT2D eigenvalue weighted by molar-refractivity contribution is 7.34. The molecule has 7 heteroatoms. The first kappa shape index (κ1) is 40.7. The highest BCUT2D eigenvalue weighted by atomic mass is 31.1. The number of nitrogens with one attached hydrogen (secondary N) is 1. The van der Waals surface area contributed by atoms with Crippen molar-refractivity contribution < 1.29 is 13.8 Å². The molecule has 270 valence electrons. The Hall–Kier alpha value is -2.74. The summed E-state index contributed by atoms with van der Waals surface area (Å²) in [6, 6.07) is 13.3. The van der Waals surface area contributed by atoms with Crippen molar-refractivity contribution in [3.8, 4) is 23.0 Å². The number of fused-ring (bicyclic) bond motifs is 2. The van der Waals surface area contributed by atoms with Crippen LogP contribution in [0.1, 0.15) is 144 Å². The van der Waals surface area contributed by atoms with E-state index in [1.165, 1.54) is 16.8 Å². The summed E-state index contributed by atoms with van der Waals surface area (Å²) in [4.78, 5) is 0. The summed E-state index contributed by atoms with van der Waals surface area (Å²) in [6.07, 6.45) is 9.26. The number of aryl methyl sites for hydroxylation is 1. The van der Waals surface area contributed by atoms with Gasteiger partial charge in [0.2, 0.25) is 0 Å². The van der Waals surface area contributed by atoms with Gasteiger partial charge < -0.3 is 23.7 Å². The van der Waals surface area contributed by atoms with E-state index in [1.54, 1.807) is 0 Å². The van der Waals surface area contributed by atoms with E-state index in [9.17, 15) is 0 Å². The topological polar surface area (TPSA) is 44.6 Å². The molecule has 3 atom stereocenters. The van der Waals surface area contributed by atoms with Gasteiger partial charge in [-0.25, -0.2) is 0 Å². The van der Waals surface area contributed by atoms with Crippen LogP contribution >= 0.6 is 17.6 Å². The lowest BCUT2D eigenvalue weighted by Crippen LogP contribution is -2.36. The Labute approximate surface area is 302 Å². The Morgan fingerprint density at radius 2 is 1.55 bits per heavy atom. The second kappa shape index (κ2) is 16.1. The molecule has 3 aromatic rings. The molecule has 2 heterocycles. The number of hydrogen-bond acceptors (Lipinski definition) is 4. The Morgan fingerprint density at radius 1 is 0.959 bits per heavy atom. The van der Waals surface area contributed by atoms with Crippen molar-refractivity contribution in [2.24, 2.45) is 0 Å². The number of aromatic nitrogens is 1. The lowest BCUT2D eigenvalue weighted by molar-refractivity contribution is 0.380. The van der Waals surface area contributed by atoms with Crippen molar-refractivity contribution in [3.05, 3.63) is 94.5 Å². The van der Waals surface area contributed by atoms with Crippen LogP contribution in [0.3, 0.4) is 0 Å². The summed E-state index contributed by atoms with van der Waals surface area (Å²) >= 11 is 0. The van der Waals surface area contributed by atoms with Gasteiger partial charge in [0.1, 0.15) is 0 Å². The van der Waals surface area contributed by atoms with Gasteiger partial charge >= 0.3 is 0 Å². The van der Waals surface area contributed by atoms with Crippen LogP contribution in [0.15, 0.2) is 66.5 Å². The summed E-state index contributed by atoms with van der Waals surface area (Å²) in [5, 5.41) is 3.26. The van der Waals surface area contributed by atoms with Crippen molar-refractivity contribution in [1.82, 2.24) is 9.88 Å². The molecule has 0 radical (unpaired) electrons. The van der Waals surface area contributed by atoms with Crippen LogP contribution in [0.4, 0.5) is 0 Å². The van der Waals surface area contributed by atoms with Crippen LogP contribution in [-0.2, 0) is 16.1 Å². The van der Waals surface area contributed by atoms with E-state index >= 15 is 0 Å². The fourth-order valence-corrected chi connectivity index (χ4v) is 7.66. The molecule has 0 saturated carbocycles. The lowest BCUT2D eigenvalue weighted by atomic mass is 9.72. The minimum Gasteiger partial charge on any atom is -0.471 e. The van der Waals surface area contributed by atoms with Gasteiger partial charge in [0.15, 0.2) is 23.0 Å².